The summed E-state index contributed by atoms with van der Waals surface area (Å²) in [6.07, 6.45) is 3.49. The van der Waals surface area contributed by atoms with Crippen LogP contribution in [0.2, 0.25) is 0 Å². The number of benzene rings is 1. The van der Waals surface area contributed by atoms with Gasteiger partial charge in [0.2, 0.25) is 5.91 Å². The van der Waals surface area contributed by atoms with E-state index in [9.17, 15) is 15.0 Å². The van der Waals surface area contributed by atoms with E-state index in [0.29, 0.717) is 0 Å². The van der Waals surface area contributed by atoms with Gasteiger partial charge in [-0.1, -0.05) is 25.0 Å². The van der Waals surface area contributed by atoms with Crippen LogP contribution in [0.5, 0.6) is 5.75 Å². The highest BCUT2D eigenvalue weighted by molar-refractivity contribution is 5.79. The van der Waals surface area contributed by atoms with E-state index >= 15 is 0 Å². The molecule has 1 aliphatic carbocycles. The molecule has 2 rings (SSSR count). The van der Waals surface area contributed by atoms with Gasteiger partial charge in [0.25, 0.3) is 0 Å². The Bertz CT molecular complexity index is 419. The third-order valence-electron chi connectivity index (χ3n) is 3.35. The van der Waals surface area contributed by atoms with Crippen molar-refractivity contribution < 1.29 is 15.0 Å². The van der Waals surface area contributed by atoms with E-state index in [1.807, 2.05) is 0 Å². The molecule has 98 valence electrons. The fourth-order valence-corrected chi connectivity index (χ4v) is 2.39. The summed E-state index contributed by atoms with van der Waals surface area (Å²) in [6.45, 7) is 0. The van der Waals surface area contributed by atoms with Crippen molar-refractivity contribution in [1.29, 1.82) is 0 Å². The molecule has 1 saturated carbocycles. The Morgan fingerprint density at radius 3 is 2.83 bits per heavy atom. The van der Waals surface area contributed by atoms with Crippen molar-refractivity contribution in [2.24, 2.45) is 0 Å². The normalized spacial score (nSPS) is 23.6. The molecule has 0 bridgehead atoms. The van der Waals surface area contributed by atoms with E-state index < -0.39 is 6.10 Å². The number of carbonyl (C=O) groups excluding carboxylic acids is 1. The van der Waals surface area contributed by atoms with Gasteiger partial charge in [-0.25, -0.2) is 0 Å². The Kier molecular flexibility index (Phi) is 4.20. The standard InChI is InChI=1S/C14H19NO3/c16-11-5-3-4-10(8-11)9-14(18)15-12-6-1-2-7-13(12)17/h3-5,8,12-13,16-17H,1-2,6-7,9H2,(H,15,18)/t12-,13-/m1/s1. The number of carbonyl (C=O) groups is 1. The molecular formula is C14H19NO3. The van der Waals surface area contributed by atoms with Gasteiger partial charge in [-0.15, -0.1) is 0 Å². The third-order valence-corrected chi connectivity index (χ3v) is 3.35. The first-order valence-corrected chi connectivity index (χ1v) is 6.40. The van der Waals surface area contributed by atoms with Gasteiger partial charge in [-0.05, 0) is 30.5 Å². The van der Waals surface area contributed by atoms with Gasteiger partial charge in [-0.3, -0.25) is 4.79 Å². The number of aromatic hydroxyl groups is 1. The van der Waals surface area contributed by atoms with Crippen molar-refractivity contribution in [1.82, 2.24) is 5.32 Å². The Labute approximate surface area is 107 Å². The van der Waals surface area contributed by atoms with Crippen molar-refractivity contribution in [2.75, 3.05) is 0 Å². The summed E-state index contributed by atoms with van der Waals surface area (Å²) in [6, 6.07) is 6.55. The third kappa shape index (κ3) is 3.47. The monoisotopic (exact) mass is 249 g/mol. The SMILES string of the molecule is O=C(Cc1cccc(O)c1)N[C@@H]1CCCC[C@H]1O. The summed E-state index contributed by atoms with van der Waals surface area (Å²) in [5.74, 6) is 0.0598. The summed E-state index contributed by atoms with van der Waals surface area (Å²) in [4.78, 5) is 11.8. The molecule has 1 fully saturated rings. The van der Waals surface area contributed by atoms with Gasteiger partial charge in [-0.2, -0.15) is 0 Å². The molecule has 1 amide bonds. The summed E-state index contributed by atoms with van der Waals surface area (Å²) in [5.41, 5.74) is 0.776. The number of hydrogen-bond acceptors (Lipinski definition) is 3. The average molecular weight is 249 g/mol. The number of hydrogen-bond donors (Lipinski definition) is 3. The topological polar surface area (TPSA) is 69.6 Å². The Hall–Kier alpha value is -1.55. The van der Waals surface area contributed by atoms with E-state index in [1.54, 1.807) is 24.3 Å². The zero-order chi connectivity index (χ0) is 13.0. The van der Waals surface area contributed by atoms with Gasteiger partial charge in [0.15, 0.2) is 0 Å². The zero-order valence-electron chi connectivity index (χ0n) is 10.3. The van der Waals surface area contributed by atoms with E-state index in [-0.39, 0.29) is 24.1 Å². The number of rotatable bonds is 3. The van der Waals surface area contributed by atoms with Crippen LogP contribution in [0.1, 0.15) is 31.2 Å². The van der Waals surface area contributed by atoms with E-state index in [1.165, 1.54) is 0 Å². The molecule has 1 aromatic carbocycles. The predicted octanol–water partition coefficient (Wildman–Crippen LogP) is 1.35. The minimum atomic E-state index is -0.424. The Morgan fingerprint density at radius 2 is 2.11 bits per heavy atom. The van der Waals surface area contributed by atoms with Crippen LogP contribution in [0.4, 0.5) is 0 Å². The van der Waals surface area contributed by atoms with Crippen LogP contribution in [-0.4, -0.2) is 28.3 Å². The van der Waals surface area contributed by atoms with Gasteiger partial charge in [0.1, 0.15) is 5.75 Å². The van der Waals surface area contributed by atoms with Crippen molar-refractivity contribution >= 4 is 5.91 Å². The highest BCUT2D eigenvalue weighted by Crippen LogP contribution is 2.18. The quantitative estimate of drug-likeness (QED) is 0.757. The van der Waals surface area contributed by atoms with Crippen LogP contribution in [0.25, 0.3) is 0 Å². The minimum Gasteiger partial charge on any atom is -0.508 e. The molecule has 18 heavy (non-hydrogen) atoms. The number of aliphatic hydroxyl groups excluding tert-OH is 1. The van der Waals surface area contributed by atoms with Gasteiger partial charge in [0, 0.05) is 0 Å². The largest absolute Gasteiger partial charge is 0.508 e. The second-order valence-electron chi connectivity index (χ2n) is 4.87. The van der Waals surface area contributed by atoms with Crippen LogP contribution >= 0.6 is 0 Å². The molecule has 1 aromatic rings. The molecule has 0 aliphatic heterocycles. The van der Waals surface area contributed by atoms with E-state index in [0.717, 1.165) is 31.2 Å². The maximum absolute atomic E-state index is 11.8. The highest BCUT2D eigenvalue weighted by Gasteiger charge is 2.24. The lowest BCUT2D eigenvalue weighted by Gasteiger charge is -2.28. The molecule has 0 aromatic heterocycles. The predicted molar refractivity (Wildman–Crippen MR) is 68.2 cm³/mol. The van der Waals surface area contributed by atoms with Gasteiger partial charge < -0.3 is 15.5 Å². The molecule has 2 atom stereocenters. The molecule has 0 saturated heterocycles. The second-order valence-corrected chi connectivity index (χ2v) is 4.87. The molecule has 0 spiro atoms. The molecular weight excluding hydrogens is 230 g/mol. The van der Waals surface area contributed by atoms with E-state index in [2.05, 4.69) is 5.32 Å². The van der Waals surface area contributed by atoms with Gasteiger partial charge in [0.05, 0.1) is 18.6 Å². The lowest BCUT2D eigenvalue weighted by atomic mass is 9.92. The Morgan fingerprint density at radius 1 is 1.33 bits per heavy atom. The molecule has 4 heteroatoms. The van der Waals surface area contributed by atoms with Crippen molar-refractivity contribution in [2.45, 2.75) is 44.2 Å². The smallest absolute Gasteiger partial charge is 0.224 e. The summed E-state index contributed by atoms with van der Waals surface area (Å²) >= 11 is 0. The number of phenols is 1. The number of amides is 1. The van der Waals surface area contributed by atoms with E-state index in [4.69, 9.17) is 0 Å². The van der Waals surface area contributed by atoms with Crippen LogP contribution in [0.15, 0.2) is 24.3 Å². The first-order chi connectivity index (χ1) is 8.65. The zero-order valence-corrected chi connectivity index (χ0v) is 10.3. The summed E-state index contributed by atoms with van der Waals surface area (Å²) < 4.78 is 0. The average Bonchev–Trinajstić information content (AvgIpc) is 2.32. The van der Waals surface area contributed by atoms with Crippen LogP contribution in [0, 0.1) is 0 Å². The molecule has 3 N–H and O–H groups in total. The highest BCUT2D eigenvalue weighted by atomic mass is 16.3. The maximum atomic E-state index is 11.8. The Balaban J connectivity index is 1.88. The fourth-order valence-electron chi connectivity index (χ4n) is 2.39. The summed E-state index contributed by atoms with van der Waals surface area (Å²) in [5, 5.41) is 22.0. The van der Waals surface area contributed by atoms with Gasteiger partial charge >= 0.3 is 0 Å². The first-order valence-electron chi connectivity index (χ1n) is 6.40. The lowest BCUT2D eigenvalue weighted by molar-refractivity contribution is -0.122. The molecule has 0 unspecified atom stereocenters. The first kappa shape index (κ1) is 12.9. The minimum absolute atomic E-state index is 0.105. The lowest BCUT2D eigenvalue weighted by Crippen LogP contribution is -2.45. The molecule has 1 aliphatic rings. The van der Waals surface area contributed by atoms with Crippen molar-refractivity contribution in [3.05, 3.63) is 29.8 Å². The number of nitrogens with one attached hydrogen (secondary N) is 1. The van der Waals surface area contributed by atoms with Crippen molar-refractivity contribution in [3.8, 4) is 5.75 Å². The molecule has 0 radical (unpaired) electrons. The van der Waals surface area contributed by atoms with Crippen LogP contribution in [0.3, 0.4) is 0 Å². The van der Waals surface area contributed by atoms with Crippen LogP contribution < -0.4 is 5.32 Å². The fraction of sp³-hybridized carbons (Fsp3) is 0.500. The molecule has 4 nitrogen and oxygen atoms in total. The van der Waals surface area contributed by atoms with Crippen molar-refractivity contribution in [3.63, 3.8) is 0 Å². The maximum Gasteiger partial charge on any atom is 0.224 e. The number of phenolic OH excluding ortho intramolecular Hbond substituents is 1. The number of aliphatic hydroxyl groups is 1. The summed E-state index contributed by atoms with van der Waals surface area (Å²) in [7, 11) is 0. The molecule has 0 heterocycles. The second kappa shape index (κ2) is 5.87. The van der Waals surface area contributed by atoms with Crippen LogP contribution in [-0.2, 0) is 11.2 Å².